The summed E-state index contributed by atoms with van der Waals surface area (Å²) < 4.78 is 6.06. The van der Waals surface area contributed by atoms with Gasteiger partial charge in [0, 0.05) is 5.56 Å². The summed E-state index contributed by atoms with van der Waals surface area (Å²) in [5.41, 5.74) is 2.34. The maximum Gasteiger partial charge on any atom is 0.126 e. The number of para-hydroxylation sites is 1. The molecule has 2 aromatic carbocycles. The van der Waals surface area contributed by atoms with E-state index in [-0.39, 0.29) is 0 Å². The van der Waals surface area contributed by atoms with E-state index < -0.39 is 0 Å². The fourth-order valence-electron chi connectivity index (χ4n) is 3.09. The molecule has 140 valence electrons. The molecule has 0 aliphatic carbocycles. The molecule has 0 aliphatic rings. The Bertz CT molecular complexity index is 630. The van der Waals surface area contributed by atoms with Gasteiger partial charge in [0.1, 0.15) is 5.75 Å². The third-order valence-electron chi connectivity index (χ3n) is 4.38. The summed E-state index contributed by atoms with van der Waals surface area (Å²) in [5, 5.41) is 0. The van der Waals surface area contributed by atoms with Crippen LogP contribution in [0.1, 0.15) is 50.7 Å². The van der Waals surface area contributed by atoms with Crippen LogP contribution in [0.4, 0.5) is 0 Å². The van der Waals surface area contributed by atoms with Crippen LogP contribution in [0.25, 0.3) is 12.2 Å². The third-order valence-corrected chi connectivity index (χ3v) is 4.38. The van der Waals surface area contributed by atoms with Crippen LogP contribution in [0.3, 0.4) is 0 Å². The molecule has 0 fully saturated rings. The zero-order chi connectivity index (χ0) is 18.5. The van der Waals surface area contributed by atoms with Crippen LogP contribution in [0.2, 0.25) is 0 Å². The van der Waals surface area contributed by atoms with E-state index in [9.17, 15) is 0 Å². The van der Waals surface area contributed by atoms with Gasteiger partial charge in [-0.2, -0.15) is 0 Å². The van der Waals surface area contributed by atoms with Gasteiger partial charge in [-0.25, -0.2) is 0 Å². The van der Waals surface area contributed by atoms with Gasteiger partial charge >= 0.3 is 0 Å². The number of unbranched alkanes of at least 4 members (excludes halogenated alkanes) is 1. The van der Waals surface area contributed by atoms with Gasteiger partial charge < -0.3 is 9.64 Å². The number of rotatable bonds is 12. The number of benzene rings is 2. The van der Waals surface area contributed by atoms with Gasteiger partial charge in [0.15, 0.2) is 0 Å². The lowest BCUT2D eigenvalue weighted by Crippen LogP contribution is -2.26. The zero-order valence-corrected chi connectivity index (χ0v) is 16.4. The molecule has 0 radical (unpaired) electrons. The highest BCUT2D eigenvalue weighted by Crippen LogP contribution is 2.21. The minimum absolute atomic E-state index is 0.780. The fourth-order valence-corrected chi connectivity index (χ4v) is 3.09. The van der Waals surface area contributed by atoms with Crippen molar-refractivity contribution in [1.29, 1.82) is 0 Å². The van der Waals surface area contributed by atoms with E-state index in [0.29, 0.717) is 0 Å². The van der Waals surface area contributed by atoms with Gasteiger partial charge in [0.25, 0.3) is 0 Å². The van der Waals surface area contributed by atoms with Gasteiger partial charge in [-0.3, -0.25) is 0 Å². The molecule has 0 aliphatic heterocycles. The van der Waals surface area contributed by atoms with Crippen LogP contribution in [0.15, 0.2) is 54.6 Å². The summed E-state index contributed by atoms with van der Waals surface area (Å²) in [7, 11) is 0. The van der Waals surface area contributed by atoms with Gasteiger partial charge in [0.05, 0.1) is 6.61 Å². The normalized spacial score (nSPS) is 11.3. The highest BCUT2D eigenvalue weighted by Gasteiger charge is 2.03. The minimum atomic E-state index is 0.780. The van der Waals surface area contributed by atoms with Crippen LogP contribution in [-0.4, -0.2) is 31.1 Å². The number of hydrogen-bond acceptors (Lipinski definition) is 2. The lowest BCUT2D eigenvalue weighted by atomic mass is 10.1. The smallest absolute Gasteiger partial charge is 0.126 e. The summed E-state index contributed by atoms with van der Waals surface area (Å²) in [5.74, 6) is 0.971. The van der Waals surface area contributed by atoms with E-state index in [2.05, 4.69) is 73.4 Å². The lowest BCUT2D eigenvalue weighted by molar-refractivity contribution is 0.250. The zero-order valence-electron chi connectivity index (χ0n) is 16.4. The SMILES string of the molecule is CCCN(CCC)CCCCOc1ccccc1C=Cc1ccccc1. The van der Waals surface area contributed by atoms with Crippen LogP contribution in [0, 0.1) is 0 Å². The fraction of sp³-hybridized carbons (Fsp3) is 0.417. The third kappa shape index (κ3) is 7.45. The Morgan fingerprint density at radius 3 is 2.19 bits per heavy atom. The Kier molecular flexibility index (Phi) is 9.60. The number of nitrogens with zero attached hydrogens (tertiary/aromatic N) is 1. The van der Waals surface area contributed by atoms with Crippen molar-refractivity contribution >= 4 is 12.2 Å². The number of ether oxygens (including phenoxy) is 1. The first kappa shape index (κ1) is 20.3. The Morgan fingerprint density at radius 2 is 1.46 bits per heavy atom. The largest absolute Gasteiger partial charge is 0.493 e. The summed E-state index contributed by atoms with van der Waals surface area (Å²) in [4.78, 5) is 2.57. The molecule has 0 amide bonds. The van der Waals surface area contributed by atoms with Crippen molar-refractivity contribution in [1.82, 2.24) is 4.90 Å². The molecule has 0 unspecified atom stereocenters. The Hall–Kier alpha value is -2.06. The maximum absolute atomic E-state index is 6.06. The molecule has 0 spiro atoms. The van der Waals surface area contributed by atoms with Crippen LogP contribution in [-0.2, 0) is 0 Å². The summed E-state index contributed by atoms with van der Waals surface area (Å²) in [6.45, 7) is 8.89. The van der Waals surface area contributed by atoms with Crippen molar-refractivity contribution in [2.24, 2.45) is 0 Å². The minimum Gasteiger partial charge on any atom is -0.493 e. The van der Waals surface area contributed by atoms with Crippen molar-refractivity contribution in [3.63, 3.8) is 0 Å². The van der Waals surface area contributed by atoms with Crippen LogP contribution >= 0.6 is 0 Å². The molecule has 0 aromatic heterocycles. The highest BCUT2D eigenvalue weighted by atomic mass is 16.5. The van der Waals surface area contributed by atoms with Crippen molar-refractivity contribution < 1.29 is 4.74 Å². The van der Waals surface area contributed by atoms with Gasteiger partial charge in [-0.05, 0) is 56.9 Å². The standard InChI is InChI=1S/C24H33NO/c1-3-18-25(19-4-2)20-10-11-21-26-24-15-9-8-14-23(24)17-16-22-12-6-5-7-13-22/h5-9,12-17H,3-4,10-11,18-21H2,1-2H3. The molecule has 2 rings (SSSR count). The summed E-state index contributed by atoms with van der Waals surface area (Å²) in [6.07, 6.45) is 9.03. The molecule has 2 heteroatoms. The second-order valence-electron chi connectivity index (χ2n) is 6.68. The Morgan fingerprint density at radius 1 is 0.769 bits per heavy atom. The first-order valence-corrected chi connectivity index (χ1v) is 10.0. The molecule has 26 heavy (non-hydrogen) atoms. The first-order chi connectivity index (χ1) is 12.8. The molecule has 0 N–H and O–H groups in total. The number of hydrogen-bond donors (Lipinski definition) is 0. The molecule has 2 nitrogen and oxygen atoms in total. The van der Waals surface area contributed by atoms with E-state index >= 15 is 0 Å². The molecule has 2 aromatic rings. The van der Waals surface area contributed by atoms with Crippen LogP contribution in [0.5, 0.6) is 5.75 Å². The van der Waals surface area contributed by atoms with E-state index in [1.165, 1.54) is 44.5 Å². The average molecular weight is 352 g/mol. The van der Waals surface area contributed by atoms with E-state index in [0.717, 1.165) is 24.3 Å². The monoisotopic (exact) mass is 351 g/mol. The van der Waals surface area contributed by atoms with E-state index in [4.69, 9.17) is 4.74 Å². The Balaban J connectivity index is 1.80. The predicted molar refractivity (Wildman–Crippen MR) is 114 cm³/mol. The van der Waals surface area contributed by atoms with Gasteiger partial charge in [0.2, 0.25) is 0 Å². The summed E-state index contributed by atoms with van der Waals surface area (Å²) in [6, 6.07) is 18.6. The Labute approximate surface area is 159 Å². The molecule has 0 bridgehead atoms. The van der Waals surface area contributed by atoms with Gasteiger partial charge in [-0.1, -0.05) is 74.5 Å². The molecule has 0 atom stereocenters. The van der Waals surface area contributed by atoms with Crippen molar-refractivity contribution in [3.8, 4) is 5.75 Å². The van der Waals surface area contributed by atoms with Gasteiger partial charge in [-0.15, -0.1) is 0 Å². The molecular weight excluding hydrogens is 318 g/mol. The maximum atomic E-state index is 6.06. The van der Waals surface area contributed by atoms with E-state index in [1.54, 1.807) is 0 Å². The topological polar surface area (TPSA) is 12.5 Å². The second-order valence-corrected chi connectivity index (χ2v) is 6.68. The molecule has 0 heterocycles. The lowest BCUT2D eigenvalue weighted by Gasteiger charge is -2.20. The molecular formula is C24H33NO. The van der Waals surface area contributed by atoms with Crippen molar-refractivity contribution in [3.05, 3.63) is 65.7 Å². The quantitative estimate of drug-likeness (QED) is 0.336. The second kappa shape index (κ2) is 12.3. The average Bonchev–Trinajstić information content (AvgIpc) is 2.68. The molecule has 0 saturated carbocycles. The summed E-state index contributed by atoms with van der Waals surface area (Å²) >= 11 is 0. The van der Waals surface area contributed by atoms with E-state index in [1.807, 2.05) is 12.1 Å². The first-order valence-electron chi connectivity index (χ1n) is 10.0. The molecule has 0 saturated heterocycles. The van der Waals surface area contributed by atoms with Crippen molar-refractivity contribution in [2.45, 2.75) is 39.5 Å². The van der Waals surface area contributed by atoms with Crippen molar-refractivity contribution in [2.75, 3.05) is 26.2 Å². The predicted octanol–water partition coefficient (Wildman–Crippen LogP) is 6.14. The highest BCUT2D eigenvalue weighted by molar-refractivity contribution is 5.72. The van der Waals surface area contributed by atoms with Crippen LogP contribution < -0.4 is 4.74 Å².